The van der Waals surface area contributed by atoms with Crippen molar-refractivity contribution in [3.8, 4) is 11.8 Å². The van der Waals surface area contributed by atoms with Crippen LogP contribution >= 0.6 is 0 Å². The molecule has 1 aliphatic rings. The maximum atomic E-state index is 14.3. The second kappa shape index (κ2) is 8.05. The first-order valence-electron chi connectivity index (χ1n) is 8.92. The van der Waals surface area contributed by atoms with Gasteiger partial charge in [0.25, 0.3) is 0 Å². The Morgan fingerprint density at radius 2 is 2.14 bits per heavy atom. The van der Waals surface area contributed by atoms with E-state index in [2.05, 4.69) is 15.6 Å². The minimum absolute atomic E-state index is 0.0590. The highest BCUT2D eigenvalue weighted by molar-refractivity contribution is 5.99. The molecule has 2 amide bonds. The molecule has 2 unspecified atom stereocenters. The van der Waals surface area contributed by atoms with Gasteiger partial charge in [-0.1, -0.05) is 6.92 Å². The number of halogens is 1. The normalized spacial score (nSPS) is 17.5. The quantitative estimate of drug-likeness (QED) is 0.662. The van der Waals surface area contributed by atoms with E-state index in [1.54, 1.807) is 0 Å². The zero-order valence-electron chi connectivity index (χ0n) is 15.2. The van der Waals surface area contributed by atoms with Gasteiger partial charge in [-0.05, 0) is 37.1 Å². The van der Waals surface area contributed by atoms with Crippen molar-refractivity contribution in [1.29, 1.82) is 5.26 Å². The number of Topliss-reactive ketones (excluding diaryl/α,β-unsaturated/α-hetero) is 1. The first-order chi connectivity index (χ1) is 13.4. The number of carbonyl (C=O) groups excluding carboxylic acids is 2. The number of phenols is 1. The van der Waals surface area contributed by atoms with E-state index in [0.717, 1.165) is 0 Å². The second-order valence-electron chi connectivity index (χ2n) is 6.62. The minimum atomic E-state index is -0.603. The van der Waals surface area contributed by atoms with Crippen molar-refractivity contribution in [2.24, 2.45) is 0 Å². The Balaban J connectivity index is 1.66. The summed E-state index contributed by atoms with van der Waals surface area (Å²) in [6, 6.07) is 6.53. The van der Waals surface area contributed by atoms with Gasteiger partial charge in [0.15, 0.2) is 5.78 Å². The largest absolute Gasteiger partial charge is 0.507 e. The van der Waals surface area contributed by atoms with Crippen LogP contribution in [0.15, 0.2) is 30.5 Å². The van der Waals surface area contributed by atoms with E-state index >= 15 is 0 Å². The number of nitrogens with one attached hydrogen (secondary N) is 2. The molecule has 2 atom stereocenters. The molecule has 144 valence electrons. The molecule has 0 spiro atoms. The molecular formula is C20H19FN4O3. The summed E-state index contributed by atoms with van der Waals surface area (Å²) in [6.45, 7) is 1.85. The van der Waals surface area contributed by atoms with Crippen LogP contribution < -0.4 is 10.6 Å². The molecule has 3 rings (SSSR count). The van der Waals surface area contributed by atoms with E-state index in [-0.39, 0.29) is 40.9 Å². The van der Waals surface area contributed by atoms with Gasteiger partial charge >= 0.3 is 6.03 Å². The highest BCUT2D eigenvalue weighted by atomic mass is 19.1. The molecule has 1 heterocycles. The van der Waals surface area contributed by atoms with Gasteiger partial charge in [0.05, 0.1) is 11.1 Å². The predicted octanol–water partition coefficient (Wildman–Crippen LogP) is 3.46. The van der Waals surface area contributed by atoms with E-state index < -0.39 is 17.8 Å². The minimum Gasteiger partial charge on any atom is -0.507 e. The summed E-state index contributed by atoms with van der Waals surface area (Å²) in [4.78, 5) is 28.1. The number of rotatable bonds is 6. The van der Waals surface area contributed by atoms with E-state index in [9.17, 15) is 19.1 Å². The molecule has 2 aromatic rings. The molecule has 1 saturated carbocycles. The molecule has 1 fully saturated rings. The van der Waals surface area contributed by atoms with Crippen molar-refractivity contribution < 1.29 is 19.1 Å². The molecule has 7 nitrogen and oxygen atoms in total. The summed E-state index contributed by atoms with van der Waals surface area (Å²) in [7, 11) is 0. The van der Waals surface area contributed by atoms with Crippen molar-refractivity contribution in [2.75, 3.05) is 5.32 Å². The van der Waals surface area contributed by atoms with Gasteiger partial charge in [0.2, 0.25) is 0 Å². The number of phenolic OH excluding ortho intramolecular Hbond substituents is 1. The van der Waals surface area contributed by atoms with Gasteiger partial charge in [-0.25, -0.2) is 14.2 Å². The van der Waals surface area contributed by atoms with Crippen LogP contribution in [0.5, 0.6) is 5.75 Å². The Morgan fingerprint density at radius 1 is 1.36 bits per heavy atom. The van der Waals surface area contributed by atoms with E-state index in [0.29, 0.717) is 18.4 Å². The average Bonchev–Trinajstić information content (AvgIpc) is 3.40. The first-order valence-corrected chi connectivity index (χ1v) is 8.92. The van der Waals surface area contributed by atoms with Gasteiger partial charge in [-0.2, -0.15) is 5.26 Å². The fourth-order valence-corrected chi connectivity index (χ4v) is 3.05. The summed E-state index contributed by atoms with van der Waals surface area (Å²) in [5.41, 5.74) is 0.538. The van der Waals surface area contributed by atoms with Crippen LogP contribution in [0.1, 0.15) is 53.6 Å². The molecule has 3 N–H and O–H groups in total. The number of aromatic nitrogens is 1. The third-order valence-corrected chi connectivity index (χ3v) is 4.55. The third-order valence-electron chi connectivity index (χ3n) is 4.55. The summed E-state index contributed by atoms with van der Waals surface area (Å²) in [5, 5.41) is 24.4. The van der Waals surface area contributed by atoms with Gasteiger partial charge in [0, 0.05) is 30.1 Å². The maximum absolute atomic E-state index is 14.3. The smallest absolute Gasteiger partial charge is 0.320 e. The van der Waals surface area contributed by atoms with E-state index in [4.69, 9.17) is 5.26 Å². The topological polar surface area (TPSA) is 115 Å². The number of nitriles is 1. The molecule has 8 heteroatoms. The lowest BCUT2D eigenvalue weighted by Gasteiger charge is -2.11. The standard InChI is InChI=1S/C20H19FN4O3/c1-2-3-16(26)12-5-6-14(21)18(19(12)27)13-8-15(13)24-20(28)25-17-7-4-11(9-22)10-23-17/h4-7,10,13,15,27H,2-3,8H2,1H3,(H2,23,24,25,28). The van der Waals surface area contributed by atoms with Crippen LogP contribution in [-0.4, -0.2) is 27.9 Å². The van der Waals surface area contributed by atoms with Crippen LogP contribution in [0, 0.1) is 17.1 Å². The number of hydrogen-bond donors (Lipinski definition) is 3. The van der Waals surface area contributed by atoms with Crippen molar-refractivity contribution >= 4 is 17.6 Å². The number of urea groups is 1. The fourth-order valence-electron chi connectivity index (χ4n) is 3.05. The molecule has 28 heavy (non-hydrogen) atoms. The zero-order valence-corrected chi connectivity index (χ0v) is 15.2. The Bertz CT molecular complexity index is 953. The van der Waals surface area contributed by atoms with Crippen molar-refractivity contribution in [1.82, 2.24) is 10.3 Å². The Hall–Kier alpha value is -3.47. The summed E-state index contributed by atoms with van der Waals surface area (Å²) >= 11 is 0. The number of anilines is 1. The summed E-state index contributed by atoms with van der Waals surface area (Å²) < 4.78 is 14.3. The highest BCUT2D eigenvalue weighted by Crippen LogP contribution is 2.47. The van der Waals surface area contributed by atoms with Crippen molar-refractivity contribution in [3.63, 3.8) is 0 Å². The highest BCUT2D eigenvalue weighted by Gasteiger charge is 2.43. The van der Waals surface area contributed by atoms with E-state index in [1.165, 1.54) is 30.5 Å². The fraction of sp³-hybridized carbons (Fsp3) is 0.300. The Morgan fingerprint density at radius 3 is 2.79 bits per heavy atom. The number of nitrogens with zero attached hydrogens (tertiary/aromatic N) is 2. The van der Waals surface area contributed by atoms with Crippen LogP contribution in [0.4, 0.5) is 15.0 Å². The molecule has 0 saturated heterocycles. The molecule has 0 bridgehead atoms. The van der Waals surface area contributed by atoms with Crippen LogP contribution in [-0.2, 0) is 0 Å². The lowest BCUT2D eigenvalue weighted by Crippen LogP contribution is -2.31. The monoisotopic (exact) mass is 382 g/mol. The number of hydrogen-bond acceptors (Lipinski definition) is 5. The van der Waals surface area contributed by atoms with Crippen molar-refractivity contribution in [3.05, 3.63) is 53.0 Å². The number of carbonyl (C=O) groups is 2. The maximum Gasteiger partial charge on any atom is 0.320 e. The van der Waals surface area contributed by atoms with Gasteiger partial charge in [-0.15, -0.1) is 0 Å². The van der Waals surface area contributed by atoms with Gasteiger partial charge < -0.3 is 10.4 Å². The number of ketones is 1. The number of amides is 2. The number of benzene rings is 1. The SMILES string of the molecule is CCCC(=O)c1ccc(F)c(C2CC2NC(=O)Nc2ccc(C#N)cn2)c1O. The number of aromatic hydroxyl groups is 1. The van der Waals surface area contributed by atoms with Gasteiger partial charge in [0.1, 0.15) is 23.5 Å². The third kappa shape index (κ3) is 4.09. The van der Waals surface area contributed by atoms with Gasteiger partial charge in [-0.3, -0.25) is 10.1 Å². The Kier molecular flexibility index (Phi) is 5.54. The van der Waals surface area contributed by atoms with E-state index in [1.807, 2.05) is 13.0 Å². The van der Waals surface area contributed by atoms with Crippen LogP contribution in [0.3, 0.4) is 0 Å². The summed E-state index contributed by atoms with van der Waals surface area (Å²) in [6.07, 6.45) is 2.68. The molecule has 0 aliphatic heterocycles. The first kappa shape index (κ1) is 19.3. The zero-order chi connectivity index (χ0) is 20.3. The summed E-state index contributed by atoms with van der Waals surface area (Å²) in [5.74, 6) is -1.32. The van der Waals surface area contributed by atoms with Crippen LogP contribution in [0.2, 0.25) is 0 Å². The van der Waals surface area contributed by atoms with Crippen molar-refractivity contribution in [2.45, 2.75) is 38.1 Å². The average molecular weight is 382 g/mol. The molecule has 0 radical (unpaired) electrons. The molecule has 1 aromatic heterocycles. The molecule has 1 aliphatic carbocycles. The lowest BCUT2D eigenvalue weighted by molar-refractivity contribution is 0.0979. The predicted molar refractivity (Wildman–Crippen MR) is 99.6 cm³/mol. The molecule has 1 aromatic carbocycles. The molecular weight excluding hydrogens is 363 g/mol. The number of pyridine rings is 1. The second-order valence-corrected chi connectivity index (χ2v) is 6.62. The van der Waals surface area contributed by atoms with Crippen LogP contribution in [0.25, 0.3) is 0 Å². The lowest BCUT2D eigenvalue weighted by atomic mass is 9.99. The Labute approximate surface area is 161 Å².